The van der Waals surface area contributed by atoms with Gasteiger partial charge < -0.3 is 5.32 Å². The highest BCUT2D eigenvalue weighted by Gasteiger charge is 2.17. The molecule has 0 aliphatic rings. The topological polar surface area (TPSA) is 85.6 Å². The molecular formula is C16H18N6OS. The molecule has 1 amide bonds. The zero-order valence-corrected chi connectivity index (χ0v) is 15.0. The maximum atomic E-state index is 12.6. The molecule has 0 fully saturated rings. The van der Waals surface area contributed by atoms with Crippen LogP contribution in [0.25, 0.3) is 5.82 Å². The Bertz CT molecular complexity index is 907. The van der Waals surface area contributed by atoms with E-state index in [4.69, 9.17) is 0 Å². The predicted octanol–water partition coefficient (Wildman–Crippen LogP) is 2.91. The van der Waals surface area contributed by atoms with Gasteiger partial charge in [0.1, 0.15) is 16.5 Å². The third-order valence-corrected chi connectivity index (χ3v) is 4.42. The normalized spacial score (nSPS) is 10.9. The third-order valence-electron chi connectivity index (χ3n) is 3.35. The summed E-state index contributed by atoms with van der Waals surface area (Å²) in [5.41, 5.74) is 2.36. The van der Waals surface area contributed by atoms with Crippen LogP contribution in [0.15, 0.2) is 12.1 Å². The Kier molecular flexibility index (Phi) is 4.15. The lowest BCUT2D eigenvalue weighted by Crippen LogP contribution is -2.15. The van der Waals surface area contributed by atoms with Crippen LogP contribution in [0.5, 0.6) is 0 Å². The van der Waals surface area contributed by atoms with Gasteiger partial charge in [0, 0.05) is 17.8 Å². The number of hydrogen-bond donors (Lipinski definition) is 1. The summed E-state index contributed by atoms with van der Waals surface area (Å²) in [5, 5.41) is 8.21. The van der Waals surface area contributed by atoms with Crippen LogP contribution in [0.3, 0.4) is 0 Å². The second-order valence-corrected chi connectivity index (χ2v) is 6.80. The molecule has 0 spiro atoms. The zero-order chi connectivity index (χ0) is 17.4. The van der Waals surface area contributed by atoms with Crippen molar-refractivity contribution in [2.75, 3.05) is 5.32 Å². The first-order chi connectivity index (χ1) is 11.3. The number of carbonyl (C=O) groups excluding carboxylic acids is 1. The number of hydrogen-bond acceptors (Lipinski definition) is 6. The Hall–Kier alpha value is -2.61. The number of aryl methyl sites for hydroxylation is 5. The number of amides is 1. The van der Waals surface area contributed by atoms with Crippen LogP contribution in [0.1, 0.15) is 37.6 Å². The van der Waals surface area contributed by atoms with E-state index in [2.05, 4.69) is 25.4 Å². The van der Waals surface area contributed by atoms with E-state index in [1.807, 2.05) is 46.8 Å². The number of carbonyl (C=O) groups is 1. The summed E-state index contributed by atoms with van der Waals surface area (Å²) in [6.45, 7) is 9.31. The molecule has 3 aromatic rings. The Morgan fingerprint density at radius 3 is 2.42 bits per heavy atom. The van der Waals surface area contributed by atoms with E-state index >= 15 is 0 Å². The van der Waals surface area contributed by atoms with Crippen molar-refractivity contribution in [3.63, 3.8) is 0 Å². The van der Waals surface area contributed by atoms with Crippen LogP contribution >= 0.6 is 11.3 Å². The molecular weight excluding hydrogens is 324 g/mol. The zero-order valence-electron chi connectivity index (χ0n) is 14.2. The van der Waals surface area contributed by atoms with Crippen molar-refractivity contribution >= 4 is 23.1 Å². The van der Waals surface area contributed by atoms with Crippen LogP contribution < -0.4 is 5.32 Å². The van der Waals surface area contributed by atoms with E-state index in [1.54, 1.807) is 4.68 Å². The lowest BCUT2D eigenvalue weighted by Gasteiger charge is -2.09. The van der Waals surface area contributed by atoms with Crippen LogP contribution in [0.2, 0.25) is 0 Å². The summed E-state index contributed by atoms with van der Waals surface area (Å²) >= 11 is 1.38. The second kappa shape index (κ2) is 6.12. The average Bonchev–Trinajstić information content (AvgIpc) is 3.00. The molecule has 0 aliphatic carbocycles. The molecule has 0 unspecified atom stereocenters. The Morgan fingerprint density at radius 2 is 1.79 bits per heavy atom. The van der Waals surface area contributed by atoms with Crippen molar-refractivity contribution in [2.45, 2.75) is 34.6 Å². The molecule has 0 atom stereocenters. The molecule has 3 rings (SSSR count). The first-order valence-corrected chi connectivity index (χ1v) is 8.30. The third kappa shape index (κ3) is 3.18. The molecule has 3 heterocycles. The summed E-state index contributed by atoms with van der Waals surface area (Å²) in [6, 6.07) is 3.64. The molecule has 8 heteroatoms. The predicted molar refractivity (Wildman–Crippen MR) is 92.9 cm³/mol. The maximum absolute atomic E-state index is 12.6. The summed E-state index contributed by atoms with van der Waals surface area (Å²) in [4.78, 5) is 26.1. The van der Waals surface area contributed by atoms with Crippen molar-refractivity contribution in [3.05, 3.63) is 44.9 Å². The Labute approximate surface area is 143 Å². The van der Waals surface area contributed by atoms with E-state index in [0.29, 0.717) is 22.3 Å². The number of anilines is 1. The Morgan fingerprint density at radius 1 is 1.04 bits per heavy atom. The monoisotopic (exact) mass is 342 g/mol. The first-order valence-electron chi connectivity index (χ1n) is 7.48. The van der Waals surface area contributed by atoms with Crippen LogP contribution in [-0.2, 0) is 0 Å². The molecule has 0 bridgehead atoms. The summed E-state index contributed by atoms with van der Waals surface area (Å²) in [7, 11) is 0. The average molecular weight is 342 g/mol. The van der Waals surface area contributed by atoms with E-state index in [0.717, 1.165) is 22.1 Å². The highest BCUT2D eigenvalue weighted by molar-refractivity contribution is 7.13. The molecule has 0 saturated heterocycles. The van der Waals surface area contributed by atoms with E-state index in [1.165, 1.54) is 11.3 Å². The van der Waals surface area contributed by atoms with Gasteiger partial charge in [-0.3, -0.25) is 4.79 Å². The largest absolute Gasteiger partial charge is 0.306 e. The molecule has 0 aliphatic heterocycles. The van der Waals surface area contributed by atoms with Gasteiger partial charge in [0.2, 0.25) is 0 Å². The number of nitrogens with zero attached hydrogens (tertiary/aromatic N) is 5. The highest BCUT2D eigenvalue weighted by atomic mass is 32.1. The van der Waals surface area contributed by atoms with Gasteiger partial charge >= 0.3 is 0 Å². The van der Waals surface area contributed by atoms with Gasteiger partial charge in [-0.05, 0) is 34.6 Å². The van der Waals surface area contributed by atoms with Crippen molar-refractivity contribution < 1.29 is 4.79 Å². The smallest absolute Gasteiger partial charge is 0.268 e. The number of nitrogens with one attached hydrogen (secondary N) is 1. The van der Waals surface area contributed by atoms with Crippen molar-refractivity contribution in [1.29, 1.82) is 0 Å². The van der Waals surface area contributed by atoms with Gasteiger partial charge in [-0.25, -0.2) is 15.0 Å². The standard InChI is InChI=1S/C16H18N6OS/c1-8-6-13(19-11(4)17-8)22-14(7-9(2)21-22)20-16(23)15-10(3)18-12(5)24-15/h6-7H,1-5H3,(H,20,23). The van der Waals surface area contributed by atoms with E-state index < -0.39 is 0 Å². The van der Waals surface area contributed by atoms with Crippen LogP contribution in [-0.4, -0.2) is 30.6 Å². The van der Waals surface area contributed by atoms with E-state index in [-0.39, 0.29) is 5.91 Å². The summed E-state index contributed by atoms with van der Waals surface area (Å²) in [5.74, 6) is 1.66. The SMILES string of the molecule is Cc1cc(-n2nc(C)cc2NC(=O)c2sc(C)nc2C)nc(C)n1. The van der Waals surface area contributed by atoms with Gasteiger partial charge in [-0.1, -0.05) is 0 Å². The molecule has 0 aromatic carbocycles. The van der Waals surface area contributed by atoms with Gasteiger partial charge in [0.25, 0.3) is 5.91 Å². The summed E-state index contributed by atoms with van der Waals surface area (Å²) < 4.78 is 1.62. The van der Waals surface area contributed by atoms with Gasteiger partial charge in [0.05, 0.1) is 16.4 Å². The minimum absolute atomic E-state index is 0.193. The van der Waals surface area contributed by atoms with Crippen molar-refractivity contribution in [2.24, 2.45) is 0 Å². The fourth-order valence-electron chi connectivity index (χ4n) is 2.48. The molecule has 1 N–H and O–H groups in total. The van der Waals surface area contributed by atoms with Crippen LogP contribution in [0, 0.1) is 34.6 Å². The van der Waals surface area contributed by atoms with Crippen LogP contribution in [0.4, 0.5) is 5.82 Å². The molecule has 3 aromatic heterocycles. The Balaban J connectivity index is 1.97. The fraction of sp³-hybridized carbons (Fsp3) is 0.312. The second-order valence-electron chi connectivity index (χ2n) is 5.60. The van der Waals surface area contributed by atoms with E-state index in [9.17, 15) is 4.79 Å². The van der Waals surface area contributed by atoms with Gasteiger partial charge in [-0.2, -0.15) is 9.78 Å². The number of aromatic nitrogens is 5. The van der Waals surface area contributed by atoms with Gasteiger partial charge in [-0.15, -0.1) is 11.3 Å². The molecule has 0 saturated carbocycles. The van der Waals surface area contributed by atoms with Crippen molar-refractivity contribution in [1.82, 2.24) is 24.7 Å². The molecule has 124 valence electrons. The number of rotatable bonds is 3. The molecule has 24 heavy (non-hydrogen) atoms. The lowest BCUT2D eigenvalue weighted by molar-refractivity contribution is 0.102. The summed E-state index contributed by atoms with van der Waals surface area (Å²) in [6.07, 6.45) is 0. The van der Waals surface area contributed by atoms with Crippen molar-refractivity contribution in [3.8, 4) is 5.82 Å². The first kappa shape index (κ1) is 16.3. The lowest BCUT2D eigenvalue weighted by atomic mass is 10.3. The fourth-order valence-corrected chi connectivity index (χ4v) is 3.30. The van der Waals surface area contributed by atoms with Gasteiger partial charge in [0.15, 0.2) is 5.82 Å². The minimum atomic E-state index is -0.193. The highest BCUT2D eigenvalue weighted by Crippen LogP contribution is 2.21. The quantitative estimate of drug-likeness (QED) is 0.791. The molecule has 0 radical (unpaired) electrons. The minimum Gasteiger partial charge on any atom is -0.306 e. The maximum Gasteiger partial charge on any atom is 0.268 e. The number of thiazole rings is 1. The molecule has 7 nitrogen and oxygen atoms in total.